The number of fused-ring (bicyclic) bond motifs is 1. The number of benzene rings is 4. The molecule has 0 fully saturated rings. The lowest BCUT2D eigenvalue weighted by atomic mass is 9.97. The molecule has 4 aromatic rings. The van der Waals surface area contributed by atoms with Gasteiger partial charge in [-0.15, -0.1) is 13.2 Å². The highest BCUT2D eigenvalue weighted by Gasteiger charge is 2.34. The third kappa shape index (κ3) is 5.03. The maximum absolute atomic E-state index is 14.6. The highest BCUT2D eigenvalue weighted by molar-refractivity contribution is 5.89. The molecule has 0 saturated heterocycles. The van der Waals surface area contributed by atoms with E-state index in [-0.39, 0.29) is 16.6 Å². The van der Waals surface area contributed by atoms with Crippen molar-refractivity contribution in [3.05, 3.63) is 89.7 Å². The molecule has 0 radical (unpaired) electrons. The van der Waals surface area contributed by atoms with Gasteiger partial charge in [-0.2, -0.15) is 0 Å². The van der Waals surface area contributed by atoms with E-state index in [2.05, 4.69) is 11.7 Å². The van der Waals surface area contributed by atoms with E-state index in [9.17, 15) is 26.3 Å². The Morgan fingerprint density at radius 3 is 2.06 bits per heavy atom. The summed E-state index contributed by atoms with van der Waals surface area (Å²) in [5, 5.41) is -0.119. The molecule has 4 rings (SSSR count). The summed E-state index contributed by atoms with van der Waals surface area (Å²) in [5.74, 6) is -4.67. The molecule has 0 aliphatic carbocycles. The van der Waals surface area contributed by atoms with E-state index in [0.717, 1.165) is 30.9 Å². The summed E-state index contributed by atoms with van der Waals surface area (Å²) >= 11 is 0. The number of hydrogen-bond donors (Lipinski definition) is 0. The van der Waals surface area contributed by atoms with E-state index in [4.69, 9.17) is 0 Å². The van der Waals surface area contributed by atoms with E-state index >= 15 is 0 Å². The van der Waals surface area contributed by atoms with Gasteiger partial charge in [-0.3, -0.25) is 0 Å². The number of ether oxygens (including phenoxy) is 1. The quantitative estimate of drug-likeness (QED) is 0.254. The van der Waals surface area contributed by atoms with Crippen molar-refractivity contribution in [2.24, 2.45) is 0 Å². The molecule has 0 bridgehead atoms. The fraction of sp³-hybridized carbons (Fsp3) is 0.185. The summed E-state index contributed by atoms with van der Waals surface area (Å²) in [5.41, 5.74) is 3.38. The molecule has 7 heteroatoms. The van der Waals surface area contributed by atoms with Crippen LogP contribution in [0.25, 0.3) is 33.0 Å². The van der Waals surface area contributed by atoms with Crippen molar-refractivity contribution in [2.45, 2.75) is 32.5 Å². The fourth-order valence-electron chi connectivity index (χ4n) is 3.87. The molecule has 0 N–H and O–H groups in total. The number of unbranched alkanes of at least 4 members (excludes halogenated alkanes) is 1. The normalized spacial score (nSPS) is 11.7. The van der Waals surface area contributed by atoms with E-state index < -0.39 is 23.7 Å². The van der Waals surface area contributed by atoms with Crippen molar-refractivity contribution in [2.75, 3.05) is 0 Å². The van der Waals surface area contributed by atoms with Gasteiger partial charge in [0.2, 0.25) is 5.75 Å². The first-order valence-electron chi connectivity index (χ1n) is 10.7. The average Bonchev–Trinajstić information content (AvgIpc) is 2.80. The maximum atomic E-state index is 14.6. The largest absolute Gasteiger partial charge is 0.573 e. The van der Waals surface area contributed by atoms with Gasteiger partial charge in [0.1, 0.15) is 5.82 Å². The molecule has 0 heterocycles. The van der Waals surface area contributed by atoms with Crippen molar-refractivity contribution < 1.29 is 31.1 Å². The molecule has 0 aromatic heterocycles. The maximum Gasteiger partial charge on any atom is 0.573 e. The SMILES string of the molecule is CCCCc1ccc(-c2ccc(-c3ccc4c(F)c(OC(F)(F)F)c(F)cc4c3)cc2)c(F)c1. The van der Waals surface area contributed by atoms with E-state index in [1.807, 2.05) is 6.07 Å². The van der Waals surface area contributed by atoms with E-state index in [1.54, 1.807) is 36.4 Å². The topological polar surface area (TPSA) is 9.23 Å². The van der Waals surface area contributed by atoms with Gasteiger partial charge in [-0.25, -0.2) is 13.2 Å². The smallest absolute Gasteiger partial charge is 0.399 e. The lowest BCUT2D eigenvalue weighted by Crippen LogP contribution is -2.19. The third-order valence-electron chi connectivity index (χ3n) is 5.59. The first kappa shape index (κ1) is 23.7. The van der Waals surface area contributed by atoms with Crippen LogP contribution in [0.15, 0.2) is 66.7 Å². The van der Waals surface area contributed by atoms with Crippen LogP contribution < -0.4 is 4.74 Å². The van der Waals surface area contributed by atoms with E-state index in [1.165, 1.54) is 18.2 Å². The molecular formula is C27H20F6O. The van der Waals surface area contributed by atoms with Crippen molar-refractivity contribution in [1.82, 2.24) is 0 Å². The summed E-state index contributed by atoms with van der Waals surface area (Å²) < 4.78 is 84.1. The van der Waals surface area contributed by atoms with E-state index in [0.29, 0.717) is 22.3 Å². The van der Waals surface area contributed by atoms with Gasteiger partial charge >= 0.3 is 6.36 Å². The van der Waals surface area contributed by atoms with Crippen LogP contribution in [-0.2, 0) is 6.42 Å². The zero-order valence-electron chi connectivity index (χ0n) is 18.1. The Bertz CT molecular complexity index is 1330. The van der Waals surface area contributed by atoms with Gasteiger partial charge < -0.3 is 4.74 Å². The van der Waals surface area contributed by atoms with Crippen molar-refractivity contribution in [1.29, 1.82) is 0 Å². The molecule has 176 valence electrons. The molecule has 4 aromatic carbocycles. The zero-order chi connectivity index (χ0) is 24.5. The highest BCUT2D eigenvalue weighted by atomic mass is 19.4. The number of alkyl halides is 3. The number of rotatable bonds is 6. The third-order valence-corrected chi connectivity index (χ3v) is 5.59. The predicted octanol–water partition coefficient (Wildman–Crippen LogP) is 8.83. The van der Waals surface area contributed by atoms with Crippen LogP contribution >= 0.6 is 0 Å². The second-order valence-electron chi connectivity index (χ2n) is 7.98. The molecule has 0 unspecified atom stereocenters. The van der Waals surface area contributed by atoms with Crippen LogP contribution in [0.2, 0.25) is 0 Å². The van der Waals surface area contributed by atoms with Crippen LogP contribution in [0.3, 0.4) is 0 Å². The predicted molar refractivity (Wildman–Crippen MR) is 120 cm³/mol. The first-order valence-corrected chi connectivity index (χ1v) is 10.7. The lowest BCUT2D eigenvalue weighted by molar-refractivity contribution is -0.276. The molecule has 0 amide bonds. The first-order chi connectivity index (χ1) is 16.2. The summed E-state index contributed by atoms with van der Waals surface area (Å²) in [6.45, 7) is 2.08. The van der Waals surface area contributed by atoms with Gasteiger partial charge in [-0.05, 0) is 58.7 Å². The Morgan fingerprint density at radius 1 is 0.735 bits per heavy atom. The fourth-order valence-corrected chi connectivity index (χ4v) is 3.87. The minimum Gasteiger partial charge on any atom is -0.399 e. The second-order valence-corrected chi connectivity index (χ2v) is 7.98. The summed E-state index contributed by atoms with van der Waals surface area (Å²) in [6.07, 6.45) is -2.38. The molecule has 34 heavy (non-hydrogen) atoms. The minimum atomic E-state index is -5.22. The van der Waals surface area contributed by atoms with Crippen LogP contribution in [0, 0.1) is 17.5 Å². The molecule has 0 aliphatic rings. The van der Waals surface area contributed by atoms with Gasteiger partial charge in [0, 0.05) is 10.9 Å². The van der Waals surface area contributed by atoms with Gasteiger partial charge in [0.25, 0.3) is 0 Å². The van der Waals surface area contributed by atoms with Crippen molar-refractivity contribution in [3.63, 3.8) is 0 Å². The molecule has 1 nitrogen and oxygen atoms in total. The number of aryl methyl sites for hydroxylation is 1. The lowest BCUT2D eigenvalue weighted by Gasteiger charge is -2.13. The van der Waals surface area contributed by atoms with Crippen LogP contribution in [0.1, 0.15) is 25.3 Å². The summed E-state index contributed by atoms with van der Waals surface area (Å²) in [6, 6.07) is 17.2. The van der Waals surface area contributed by atoms with Gasteiger partial charge in [0.15, 0.2) is 11.6 Å². The Hall–Kier alpha value is -3.48. The minimum absolute atomic E-state index is 0.0832. The van der Waals surface area contributed by atoms with Crippen LogP contribution in [0.4, 0.5) is 26.3 Å². The van der Waals surface area contributed by atoms with Gasteiger partial charge in [0.05, 0.1) is 0 Å². The highest BCUT2D eigenvalue weighted by Crippen LogP contribution is 2.36. The number of halogens is 6. The standard InChI is InChI=1S/C27H20F6O/c1-2-3-4-16-5-11-21(23(28)13-16)18-8-6-17(7-9-18)19-10-12-22-20(14-19)15-24(29)26(25(22)30)34-27(31,32)33/h5-15H,2-4H2,1H3. The molecule has 0 atom stereocenters. The van der Waals surface area contributed by atoms with Crippen LogP contribution in [0.5, 0.6) is 5.75 Å². The van der Waals surface area contributed by atoms with Crippen molar-refractivity contribution in [3.8, 4) is 28.0 Å². The van der Waals surface area contributed by atoms with Crippen LogP contribution in [-0.4, -0.2) is 6.36 Å². The molecular weight excluding hydrogens is 454 g/mol. The molecule has 0 saturated carbocycles. The second kappa shape index (κ2) is 9.41. The van der Waals surface area contributed by atoms with Crippen molar-refractivity contribution >= 4 is 10.8 Å². The average molecular weight is 474 g/mol. The Morgan fingerprint density at radius 2 is 1.41 bits per heavy atom. The Labute approximate surface area is 192 Å². The Kier molecular flexibility index (Phi) is 6.55. The molecule has 0 spiro atoms. The molecule has 0 aliphatic heterocycles. The zero-order valence-corrected chi connectivity index (χ0v) is 18.1. The summed E-state index contributed by atoms with van der Waals surface area (Å²) in [7, 11) is 0. The van der Waals surface area contributed by atoms with Gasteiger partial charge in [-0.1, -0.05) is 61.9 Å². The Balaban J connectivity index is 1.63. The monoisotopic (exact) mass is 474 g/mol. The summed E-state index contributed by atoms with van der Waals surface area (Å²) in [4.78, 5) is 0. The number of hydrogen-bond acceptors (Lipinski definition) is 1.